The van der Waals surface area contributed by atoms with Crippen LogP contribution in [-0.4, -0.2) is 23.5 Å². The van der Waals surface area contributed by atoms with E-state index in [-0.39, 0.29) is 0 Å². The summed E-state index contributed by atoms with van der Waals surface area (Å²) in [6, 6.07) is 8.38. The summed E-state index contributed by atoms with van der Waals surface area (Å²) in [7, 11) is 2.16. The molecular weight excluding hydrogens is 356 g/mol. The molecule has 0 N–H and O–H groups in total. The number of halogens is 2. The van der Waals surface area contributed by atoms with E-state index in [4.69, 9.17) is 11.6 Å². The Bertz CT molecular complexity index is 544. The van der Waals surface area contributed by atoms with Crippen LogP contribution >= 0.6 is 38.9 Å². The molecule has 0 bridgehead atoms. The molecule has 1 aromatic carbocycles. The van der Waals surface area contributed by atoms with Gasteiger partial charge in [0.15, 0.2) is 0 Å². The number of hydrogen-bond donors (Lipinski definition) is 0. The van der Waals surface area contributed by atoms with Crippen molar-refractivity contribution in [2.45, 2.75) is 25.3 Å². The molecule has 2 aromatic rings. The Morgan fingerprint density at radius 3 is 2.85 bits per heavy atom. The van der Waals surface area contributed by atoms with Crippen molar-refractivity contribution in [2.24, 2.45) is 0 Å². The highest BCUT2D eigenvalue weighted by atomic mass is 79.9. The number of aromatic nitrogens is 1. The summed E-state index contributed by atoms with van der Waals surface area (Å²) in [5.74, 6) is 0.512. The largest absolute Gasteiger partial charge is 0.302 e. The van der Waals surface area contributed by atoms with E-state index in [0.29, 0.717) is 5.88 Å². The summed E-state index contributed by atoms with van der Waals surface area (Å²) in [5.41, 5.74) is 2.32. The van der Waals surface area contributed by atoms with Gasteiger partial charge in [0.05, 0.1) is 16.6 Å². The van der Waals surface area contributed by atoms with Crippen LogP contribution in [0.25, 0.3) is 0 Å². The molecule has 108 valence electrons. The van der Waals surface area contributed by atoms with Gasteiger partial charge in [-0.3, -0.25) is 0 Å². The minimum Gasteiger partial charge on any atom is -0.302 e. The second-order valence-electron chi connectivity index (χ2n) is 4.80. The van der Waals surface area contributed by atoms with Gasteiger partial charge in [-0.1, -0.05) is 34.1 Å². The van der Waals surface area contributed by atoms with E-state index in [9.17, 15) is 0 Å². The van der Waals surface area contributed by atoms with Gasteiger partial charge in [-0.2, -0.15) is 0 Å². The summed E-state index contributed by atoms with van der Waals surface area (Å²) in [6.07, 6.45) is 2.15. The highest BCUT2D eigenvalue weighted by molar-refractivity contribution is 9.10. The van der Waals surface area contributed by atoms with Gasteiger partial charge in [0.25, 0.3) is 0 Å². The van der Waals surface area contributed by atoms with Gasteiger partial charge in [0, 0.05) is 22.8 Å². The fourth-order valence-corrected chi connectivity index (χ4v) is 3.50. The second-order valence-corrected chi connectivity index (χ2v) is 6.86. The molecule has 0 fully saturated rings. The molecule has 0 spiro atoms. The van der Waals surface area contributed by atoms with Crippen LogP contribution in [0.4, 0.5) is 0 Å². The zero-order valence-corrected chi connectivity index (χ0v) is 14.6. The zero-order valence-electron chi connectivity index (χ0n) is 11.5. The first-order chi connectivity index (χ1) is 9.69. The number of alkyl halides is 1. The highest BCUT2D eigenvalue weighted by Gasteiger charge is 2.05. The minimum absolute atomic E-state index is 0.512. The van der Waals surface area contributed by atoms with E-state index in [1.165, 1.54) is 15.0 Å². The van der Waals surface area contributed by atoms with Crippen LogP contribution in [0, 0.1) is 0 Å². The number of thiazole rings is 1. The van der Waals surface area contributed by atoms with Crippen molar-refractivity contribution in [3.8, 4) is 0 Å². The first kappa shape index (κ1) is 16.0. The molecule has 0 aliphatic heterocycles. The quantitative estimate of drug-likeness (QED) is 0.653. The topological polar surface area (TPSA) is 16.1 Å². The first-order valence-electron chi connectivity index (χ1n) is 6.60. The van der Waals surface area contributed by atoms with Crippen LogP contribution in [0.15, 0.2) is 34.1 Å². The molecule has 2 nitrogen and oxygen atoms in total. The van der Waals surface area contributed by atoms with Crippen molar-refractivity contribution < 1.29 is 0 Å². The molecule has 0 atom stereocenters. The third-order valence-corrected chi connectivity index (χ3v) is 5.07. The summed E-state index contributed by atoms with van der Waals surface area (Å²) in [5, 5.41) is 3.24. The standard InChI is InChI=1S/C15H18BrClN2S/c1-19(10-12-5-2-3-6-14(12)16)8-4-7-15-18-13(9-17)11-20-15/h2-3,5-6,11H,4,7-10H2,1H3. The van der Waals surface area contributed by atoms with Gasteiger partial charge in [-0.05, 0) is 31.6 Å². The van der Waals surface area contributed by atoms with Gasteiger partial charge in [0.1, 0.15) is 0 Å². The zero-order chi connectivity index (χ0) is 14.4. The predicted octanol–water partition coefficient (Wildman–Crippen LogP) is 4.71. The number of nitrogens with zero attached hydrogens (tertiary/aromatic N) is 2. The maximum Gasteiger partial charge on any atom is 0.0929 e. The van der Waals surface area contributed by atoms with Crippen LogP contribution < -0.4 is 0 Å². The van der Waals surface area contributed by atoms with Gasteiger partial charge in [0.2, 0.25) is 0 Å². The van der Waals surface area contributed by atoms with Gasteiger partial charge in [-0.15, -0.1) is 22.9 Å². The average molecular weight is 374 g/mol. The Balaban J connectivity index is 1.75. The van der Waals surface area contributed by atoms with Crippen LogP contribution in [0.5, 0.6) is 0 Å². The fourth-order valence-electron chi connectivity index (χ4n) is 2.02. The molecule has 5 heteroatoms. The SMILES string of the molecule is CN(CCCc1nc(CCl)cs1)Cc1ccccc1Br. The number of benzene rings is 1. The van der Waals surface area contributed by atoms with E-state index in [1.807, 2.05) is 11.4 Å². The lowest BCUT2D eigenvalue weighted by atomic mass is 10.2. The molecule has 1 aromatic heterocycles. The summed E-state index contributed by atoms with van der Waals surface area (Å²) in [6.45, 7) is 2.03. The van der Waals surface area contributed by atoms with E-state index < -0.39 is 0 Å². The Labute approximate surface area is 137 Å². The maximum absolute atomic E-state index is 5.76. The maximum atomic E-state index is 5.76. The molecule has 0 saturated heterocycles. The van der Waals surface area contributed by atoms with Gasteiger partial charge < -0.3 is 4.90 Å². The molecular formula is C15H18BrClN2S. The third-order valence-electron chi connectivity index (χ3n) is 3.06. The van der Waals surface area contributed by atoms with E-state index in [2.05, 4.69) is 51.1 Å². The van der Waals surface area contributed by atoms with Crippen molar-refractivity contribution in [1.82, 2.24) is 9.88 Å². The Hall–Kier alpha value is -0.420. The normalized spacial score (nSPS) is 11.2. The number of hydrogen-bond acceptors (Lipinski definition) is 3. The molecule has 0 radical (unpaired) electrons. The molecule has 0 aliphatic carbocycles. The van der Waals surface area contributed by atoms with Gasteiger partial charge >= 0.3 is 0 Å². The molecule has 20 heavy (non-hydrogen) atoms. The summed E-state index contributed by atoms with van der Waals surface area (Å²) >= 11 is 11.1. The Kier molecular flexibility index (Phi) is 6.49. The van der Waals surface area contributed by atoms with Crippen molar-refractivity contribution in [1.29, 1.82) is 0 Å². The Morgan fingerprint density at radius 1 is 1.35 bits per heavy atom. The average Bonchev–Trinajstić information content (AvgIpc) is 2.89. The van der Waals surface area contributed by atoms with E-state index in [0.717, 1.165) is 31.6 Å². The molecule has 2 rings (SSSR count). The lowest BCUT2D eigenvalue weighted by molar-refractivity contribution is 0.321. The Morgan fingerprint density at radius 2 is 2.15 bits per heavy atom. The molecule has 0 saturated carbocycles. The summed E-state index contributed by atoms with van der Waals surface area (Å²) < 4.78 is 1.18. The van der Waals surface area contributed by atoms with E-state index in [1.54, 1.807) is 11.3 Å². The van der Waals surface area contributed by atoms with Crippen LogP contribution in [0.3, 0.4) is 0 Å². The fraction of sp³-hybridized carbons (Fsp3) is 0.400. The lowest BCUT2D eigenvalue weighted by Crippen LogP contribution is -2.19. The molecule has 0 unspecified atom stereocenters. The monoisotopic (exact) mass is 372 g/mol. The van der Waals surface area contributed by atoms with Crippen molar-refractivity contribution in [3.05, 3.63) is 50.4 Å². The minimum atomic E-state index is 0.512. The number of aryl methyl sites for hydroxylation is 1. The van der Waals surface area contributed by atoms with Crippen molar-refractivity contribution in [3.63, 3.8) is 0 Å². The van der Waals surface area contributed by atoms with Crippen molar-refractivity contribution in [2.75, 3.05) is 13.6 Å². The second kappa shape index (κ2) is 8.13. The number of rotatable bonds is 7. The smallest absolute Gasteiger partial charge is 0.0929 e. The van der Waals surface area contributed by atoms with Crippen LogP contribution in [0.1, 0.15) is 22.7 Å². The van der Waals surface area contributed by atoms with Crippen LogP contribution in [0.2, 0.25) is 0 Å². The first-order valence-corrected chi connectivity index (χ1v) is 8.81. The lowest BCUT2D eigenvalue weighted by Gasteiger charge is -2.17. The third kappa shape index (κ3) is 4.85. The molecule has 0 aliphatic rings. The highest BCUT2D eigenvalue weighted by Crippen LogP contribution is 2.18. The van der Waals surface area contributed by atoms with Crippen molar-refractivity contribution >= 4 is 38.9 Å². The summed E-state index contributed by atoms with van der Waals surface area (Å²) in [4.78, 5) is 6.83. The molecule has 1 heterocycles. The molecule has 0 amide bonds. The van der Waals surface area contributed by atoms with Gasteiger partial charge in [-0.25, -0.2) is 4.98 Å². The van der Waals surface area contributed by atoms with Crippen LogP contribution in [-0.2, 0) is 18.8 Å². The predicted molar refractivity (Wildman–Crippen MR) is 90.5 cm³/mol. The van der Waals surface area contributed by atoms with E-state index >= 15 is 0 Å².